The second kappa shape index (κ2) is 9.40. The molecule has 0 spiro atoms. The molecule has 15 heteroatoms. The highest BCUT2D eigenvalue weighted by Crippen LogP contribution is 2.44. The zero-order chi connectivity index (χ0) is 24.4. The lowest BCUT2D eigenvalue weighted by Gasteiger charge is -2.15. The number of halogens is 8. The Labute approximate surface area is 188 Å². The minimum atomic E-state index is -5.37. The van der Waals surface area contributed by atoms with Gasteiger partial charge in [0.1, 0.15) is 28.3 Å². The summed E-state index contributed by atoms with van der Waals surface area (Å²) in [5.74, 6) is -0.884. The number of aromatic nitrogens is 1. The summed E-state index contributed by atoms with van der Waals surface area (Å²) >= 11 is 11.9. The van der Waals surface area contributed by atoms with Crippen LogP contribution >= 0.6 is 23.2 Å². The summed E-state index contributed by atoms with van der Waals surface area (Å²) in [6.07, 6.45) is -4.21. The predicted molar refractivity (Wildman–Crippen MR) is 102 cm³/mol. The fourth-order valence-corrected chi connectivity index (χ4v) is 4.00. The average Bonchev–Trinajstić information content (AvgIpc) is 2.98. The van der Waals surface area contributed by atoms with Crippen molar-refractivity contribution in [3.63, 3.8) is 0 Å². The maximum atomic E-state index is 13.2. The molecule has 0 bridgehead atoms. The van der Waals surface area contributed by atoms with Gasteiger partial charge in [-0.15, -0.1) is 0 Å². The molecule has 0 aliphatic rings. The van der Waals surface area contributed by atoms with Crippen molar-refractivity contribution >= 4 is 46.2 Å². The molecule has 2 aromatic rings. The first-order valence-electron chi connectivity index (χ1n) is 8.07. The molecular weight excluding hydrogens is 509 g/mol. The van der Waals surface area contributed by atoms with Crippen LogP contribution < -0.4 is 0 Å². The highest BCUT2D eigenvalue weighted by atomic mass is 35.5. The first-order chi connectivity index (χ1) is 14.8. The lowest BCUT2D eigenvalue weighted by molar-refractivity contribution is -0.137. The van der Waals surface area contributed by atoms with Crippen LogP contribution in [0.2, 0.25) is 10.0 Å². The van der Waals surface area contributed by atoms with Gasteiger partial charge in [-0.05, 0) is 19.1 Å². The maximum absolute atomic E-state index is 13.2. The zero-order valence-corrected chi connectivity index (χ0v) is 17.8. The molecule has 1 atom stereocenters. The second-order valence-electron chi connectivity index (χ2n) is 5.63. The Kier molecular flexibility index (Phi) is 7.50. The van der Waals surface area contributed by atoms with E-state index in [-0.39, 0.29) is 6.61 Å². The minimum Gasteiger partial charge on any atom is -0.483 e. The van der Waals surface area contributed by atoms with Crippen molar-refractivity contribution in [3.8, 4) is 17.8 Å². The van der Waals surface area contributed by atoms with Gasteiger partial charge in [-0.1, -0.05) is 23.2 Å². The monoisotopic (exact) mass is 516 g/mol. The highest BCUT2D eigenvalue weighted by molar-refractivity contribution is 7.86. The summed E-state index contributed by atoms with van der Waals surface area (Å²) in [6.45, 7) is 1.52. The molecule has 0 aliphatic heterocycles. The normalized spacial score (nSPS) is 13.1. The Morgan fingerprint density at radius 1 is 1.16 bits per heavy atom. The molecule has 0 saturated heterocycles. The SMILES string of the molecule is CCO/C=N/c1c(S(=O)C(F)(F)F)c(C#N)c(C#N)n1-c1c(Cl)cc(C(F)(F)F)cc1Cl. The largest absolute Gasteiger partial charge is 0.483 e. The summed E-state index contributed by atoms with van der Waals surface area (Å²) < 4.78 is 96.4. The lowest BCUT2D eigenvalue weighted by Crippen LogP contribution is -2.17. The number of nitriles is 2. The molecule has 0 fully saturated rings. The van der Waals surface area contributed by atoms with Gasteiger partial charge in [0, 0.05) is 0 Å². The first-order valence-corrected chi connectivity index (χ1v) is 9.98. The molecule has 0 N–H and O–H groups in total. The smallest absolute Gasteiger partial charge is 0.476 e. The Hall–Kier alpha value is -2.74. The number of alkyl halides is 6. The van der Waals surface area contributed by atoms with Crippen LogP contribution in [-0.4, -0.2) is 27.3 Å². The van der Waals surface area contributed by atoms with Crippen LogP contribution in [0, 0.1) is 22.7 Å². The van der Waals surface area contributed by atoms with E-state index in [1.165, 1.54) is 19.1 Å². The second-order valence-corrected chi connectivity index (χ2v) is 7.85. The molecule has 2 rings (SSSR count). The number of ether oxygens (including phenoxy) is 1. The van der Waals surface area contributed by atoms with Crippen molar-refractivity contribution in [2.45, 2.75) is 23.5 Å². The molecule has 1 unspecified atom stereocenters. The van der Waals surface area contributed by atoms with Crippen molar-refractivity contribution in [3.05, 3.63) is 39.0 Å². The molecule has 1 aromatic heterocycles. The number of aliphatic imine (C=N–C) groups is 1. The molecule has 0 radical (unpaired) electrons. The standard InChI is InChI=1S/C17H8Cl2F6N4O2S/c1-2-31-7-28-15-14(32(30)17(23,24)25)9(5-26)12(6-27)29(15)13-10(18)3-8(4-11(13)19)16(20,21)22/h3-4,7H,2H2,1H3/b28-7+. The van der Waals surface area contributed by atoms with E-state index in [1.54, 1.807) is 0 Å². The summed E-state index contributed by atoms with van der Waals surface area (Å²) in [7, 11) is -3.86. The number of hydrogen-bond donors (Lipinski definition) is 0. The van der Waals surface area contributed by atoms with Gasteiger partial charge in [0.05, 0.1) is 27.9 Å². The van der Waals surface area contributed by atoms with Crippen LogP contribution in [0.3, 0.4) is 0 Å². The molecule has 0 amide bonds. The minimum absolute atomic E-state index is 0.0138. The van der Waals surface area contributed by atoms with Crippen molar-refractivity contribution in [2.75, 3.05) is 6.61 Å². The Morgan fingerprint density at radius 3 is 2.12 bits per heavy atom. The van der Waals surface area contributed by atoms with Gasteiger partial charge < -0.3 is 4.74 Å². The van der Waals surface area contributed by atoms with Crippen LogP contribution in [0.1, 0.15) is 23.7 Å². The van der Waals surface area contributed by atoms with Crippen LogP contribution in [0.5, 0.6) is 0 Å². The van der Waals surface area contributed by atoms with Gasteiger partial charge in [0.25, 0.3) is 0 Å². The van der Waals surface area contributed by atoms with E-state index in [4.69, 9.17) is 27.9 Å². The topological polar surface area (TPSA) is 91.2 Å². The predicted octanol–water partition coefficient (Wildman–Crippen LogP) is 5.87. The Bertz CT molecular complexity index is 1170. The summed E-state index contributed by atoms with van der Waals surface area (Å²) in [5.41, 5.74) is -9.02. The first kappa shape index (κ1) is 25.5. The van der Waals surface area contributed by atoms with E-state index in [9.17, 15) is 41.1 Å². The number of hydrogen-bond acceptors (Lipinski definition) is 5. The van der Waals surface area contributed by atoms with Crippen molar-refractivity contribution < 1.29 is 35.3 Å². The third kappa shape index (κ3) is 4.85. The van der Waals surface area contributed by atoms with Crippen LogP contribution in [0.25, 0.3) is 5.69 Å². The van der Waals surface area contributed by atoms with Gasteiger partial charge >= 0.3 is 11.7 Å². The number of nitrogens with zero attached hydrogens (tertiary/aromatic N) is 4. The van der Waals surface area contributed by atoms with E-state index in [0.29, 0.717) is 23.1 Å². The van der Waals surface area contributed by atoms with Gasteiger partial charge in [-0.3, -0.25) is 4.57 Å². The molecule has 1 heterocycles. The maximum Gasteiger partial charge on any atom is 0.476 e. The lowest BCUT2D eigenvalue weighted by atomic mass is 10.2. The number of benzene rings is 1. The van der Waals surface area contributed by atoms with Crippen molar-refractivity contribution in [2.24, 2.45) is 4.99 Å². The van der Waals surface area contributed by atoms with E-state index >= 15 is 0 Å². The summed E-state index contributed by atoms with van der Waals surface area (Å²) in [5, 5.41) is 17.4. The van der Waals surface area contributed by atoms with Crippen molar-refractivity contribution in [1.82, 2.24) is 4.57 Å². The van der Waals surface area contributed by atoms with Gasteiger partial charge in [-0.25, -0.2) is 9.20 Å². The van der Waals surface area contributed by atoms with Gasteiger partial charge in [0.15, 0.2) is 23.0 Å². The van der Waals surface area contributed by atoms with E-state index in [0.717, 1.165) is 0 Å². The third-order valence-corrected chi connectivity index (χ3v) is 5.45. The molecule has 170 valence electrons. The van der Waals surface area contributed by atoms with Crippen LogP contribution in [0.4, 0.5) is 32.2 Å². The van der Waals surface area contributed by atoms with E-state index in [1.807, 2.05) is 0 Å². The zero-order valence-electron chi connectivity index (χ0n) is 15.5. The van der Waals surface area contributed by atoms with Crippen LogP contribution in [-0.2, 0) is 21.7 Å². The molecule has 0 saturated carbocycles. The van der Waals surface area contributed by atoms with Crippen LogP contribution in [0.15, 0.2) is 22.0 Å². The van der Waals surface area contributed by atoms with Gasteiger partial charge in [0.2, 0.25) is 0 Å². The van der Waals surface area contributed by atoms with E-state index in [2.05, 4.69) is 4.99 Å². The van der Waals surface area contributed by atoms with E-state index < -0.39 is 65.8 Å². The quantitative estimate of drug-likeness (QED) is 0.282. The van der Waals surface area contributed by atoms with Gasteiger partial charge in [-0.2, -0.15) is 36.9 Å². The summed E-state index contributed by atoms with van der Waals surface area (Å²) in [4.78, 5) is 2.41. The Balaban J connectivity index is 3.05. The molecule has 32 heavy (non-hydrogen) atoms. The summed E-state index contributed by atoms with van der Waals surface area (Å²) in [6, 6.07) is 3.65. The molecule has 6 nitrogen and oxygen atoms in total. The fraction of sp³-hybridized carbons (Fsp3) is 0.235. The number of rotatable bonds is 5. The third-order valence-electron chi connectivity index (χ3n) is 3.70. The molecular formula is C17H8Cl2F6N4O2S. The molecule has 1 aromatic carbocycles. The Morgan fingerprint density at radius 2 is 1.72 bits per heavy atom. The molecule has 0 aliphatic carbocycles. The fourth-order valence-electron chi connectivity index (χ4n) is 2.48. The van der Waals surface area contributed by atoms with Crippen molar-refractivity contribution in [1.29, 1.82) is 10.5 Å². The average molecular weight is 517 g/mol. The highest BCUT2D eigenvalue weighted by Gasteiger charge is 2.44.